The van der Waals surface area contributed by atoms with Crippen LogP contribution < -0.4 is 10.5 Å². The van der Waals surface area contributed by atoms with Gasteiger partial charge in [-0.05, 0) is 42.7 Å². The topological polar surface area (TPSA) is 125 Å². The number of ether oxygens (including phenoxy) is 1. The quantitative estimate of drug-likeness (QED) is 0.390. The third-order valence-corrected chi connectivity index (χ3v) is 6.24. The third-order valence-electron chi connectivity index (χ3n) is 5.31. The van der Waals surface area contributed by atoms with Gasteiger partial charge in [0.05, 0.1) is 4.90 Å². The van der Waals surface area contributed by atoms with Gasteiger partial charge in [0.2, 0.25) is 10.0 Å². The summed E-state index contributed by atoms with van der Waals surface area (Å²) in [6, 6.07) is 23.1. The number of hydrogen-bond acceptors (Lipinski definition) is 6. The first kappa shape index (κ1) is 23.2. The predicted octanol–water partition coefficient (Wildman–Crippen LogP) is 5.27. The lowest BCUT2D eigenvalue weighted by molar-refractivity contribution is 0.121. The summed E-state index contributed by atoms with van der Waals surface area (Å²) in [6.45, 7) is 3.52. The number of carbonyl (C=O) groups excluding carboxylic acids is 1. The van der Waals surface area contributed by atoms with Gasteiger partial charge in [-0.15, -0.1) is 0 Å². The molecule has 1 heterocycles. The van der Waals surface area contributed by atoms with Crippen LogP contribution in [0.15, 0.2) is 88.3 Å². The Kier molecular flexibility index (Phi) is 6.49. The van der Waals surface area contributed by atoms with Gasteiger partial charge in [-0.2, -0.15) is 0 Å². The van der Waals surface area contributed by atoms with Gasteiger partial charge in [-0.25, -0.2) is 18.4 Å². The summed E-state index contributed by atoms with van der Waals surface area (Å²) in [6.07, 6.45) is -1.04. The number of benzene rings is 3. The Bertz CT molecular complexity index is 1400. The molecule has 3 N–H and O–H groups in total. The number of nitrogens with one attached hydrogen (secondary N) is 1. The van der Waals surface area contributed by atoms with E-state index in [-0.39, 0.29) is 4.90 Å². The molecule has 1 aromatic heterocycles. The number of primary sulfonamides is 1. The molecule has 0 bridgehead atoms. The van der Waals surface area contributed by atoms with Crippen LogP contribution in [0.5, 0.6) is 0 Å². The van der Waals surface area contributed by atoms with Gasteiger partial charge >= 0.3 is 6.09 Å². The summed E-state index contributed by atoms with van der Waals surface area (Å²) < 4.78 is 33.9. The molecule has 4 rings (SSSR count). The van der Waals surface area contributed by atoms with Crippen LogP contribution in [0.3, 0.4) is 0 Å². The molecule has 0 fully saturated rings. The molecule has 3 aromatic carbocycles. The molecule has 0 aliphatic rings. The summed E-state index contributed by atoms with van der Waals surface area (Å²) in [7, 11) is -3.74. The number of rotatable bonds is 6. The Morgan fingerprint density at radius 1 is 0.941 bits per heavy atom. The number of nitrogens with zero attached hydrogens (tertiary/aromatic N) is 1. The van der Waals surface area contributed by atoms with Crippen LogP contribution in [-0.4, -0.2) is 19.7 Å². The lowest BCUT2D eigenvalue weighted by atomic mass is 10.0. The van der Waals surface area contributed by atoms with E-state index in [1.54, 1.807) is 26.0 Å². The molecule has 8 nitrogen and oxygen atoms in total. The van der Waals surface area contributed by atoms with E-state index in [0.717, 1.165) is 16.7 Å². The SMILES string of the molecule is Cc1noc(-c2ccc(-c3ccc(S(N)(=O)=O)cc3)cc2)c1NC(=O)O[C@H](C)c1ccccc1. The van der Waals surface area contributed by atoms with Gasteiger partial charge < -0.3 is 9.26 Å². The van der Waals surface area contributed by atoms with Crippen molar-refractivity contribution in [2.75, 3.05) is 5.32 Å². The fraction of sp³-hybridized carbons (Fsp3) is 0.120. The van der Waals surface area contributed by atoms with Gasteiger partial charge in [-0.1, -0.05) is 71.9 Å². The smallest absolute Gasteiger partial charge is 0.412 e. The van der Waals surface area contributed by atoms with E-state index in [9.17, 15) is 13.2 Å². The van der Waals surface area contributed by atoms with Crippen LogP contribution in [0.2, 0.25) is 0 Å². The summed E-state index contributed by atoms with van der Waals surface area (Å²) >= 11 is 0. The van der Waals surface area contributed by atoms with E-state index in [1.807, 2.05) is 54.6 Å². The predicted molar refractivity (Wildman–Crippen MR) is 128 cm³/mol. The molecule has 0 spiro atoms. The van der Waals surface area contributed by atoms with E-state index in [2.05, 4.69) is 10.5 Å². The summed E-state index contributed by atoms with van der Waals surface area (Å²) in [5, 5.41) is 11.9. The van der Waals surface area contributed by atoms with Gasteiger partial charge in [0.1, 0.15) is 17.5 Å². The van der Waals surface area contributed by atoms with Crippen molar-refractivity contribution in [1.29, 1.82) is 0 Å². The second kappa shape index (κ2) is 9.50. The minimum atomic E-state index is -3.74. The molecule has 0 aliphatic heterocycles. The average Bonchev–Trinajstić information content (AvgIpc) is 3.19. The Labute approximate surface area is 197 Å². The van der Waals surface area contributed by atoms with Crippen LogP contribution in [0, 0.1) is 6.92 Å². The molecule has 0 aliphatic carbocycles. The highest BCUT2D eigenvalue weighted by Gasteiger charge is 2.20. The Balaban J connectivity index is 1.51. The maximum Gasteiger partial charge on any atom is 0.412 e. The van der Waals surface area contributed by atoms with Crippen molar-refractivity contribution in [2.45, 2.75) is 24.8 Å². The van der Waals surface area contributed by atoms with Gasteiger partial charge in [0.15, 0.2) is 5.76 Å². The van der Waals surface area contributed by atoms with Crippen molar-refractivity contribution >= 4 is 21.8 Å². The normalized spacial score (nSPS) is 12.2. The Morgan fingerprint density at radius 3 is 2.09 bits per heavy atom. The summed E-state index contributed by atoms with van der Waals surface area (Å²) in [5.41, 5.74) is 4.22. The first-order chi connectivity index (χ1) is 16.2. The molecule has 0 radical (unpaired) electrons. The highest BCUT2D eigenvalue weighted by atomic mass is 32.2. The first-order valence-corrected chi connectivity index (χ1v) is 12.0. The van der Waals surface area contributed by atoms with Crippen LogP contribution in [0.25, 0.3) is 22.5 Å². The summed E-state index contributed by atoms with van der Waals surface area (Å²) in [5.74, 6) is 0.401. The highest BCUT2D eigenvalue weighted by Crippen LogP contribution is 2.33. The average molecular weight is 478 g/mol. The molecule has 4 aromatic rings. The number of amides is 1. The van der Waals surface area contributed by atoms with Crippen molar-refractivity contribution in [3.63, 3.8) is 0 Å². The molecular formula is C25H23N3O5S. The maximum atomic E-state index is 12.5. The number of hydrogen-bond donors (Lipinski definition) is 2. The van der Waals surface area contributed by atoms with E-state index in [0.29, 0.717) is 22.7 Å². The molecule has 34 heavy (non-hydrogen) atoms. The van der Waals surface area contributed by atoms with E-state index < -0.39 is 22.2 Å². The van der Waals surface area contributed by atoms with E-state index >= 15 is 0 Å². The minimum absolute atomic E-state index is 0.0502. The van der Waals surface area contributed by atoms with Crippen molar-refractivity contribution in [2.24, 2.45) is 5.14 Å². The standard InChI is InChI=1S/C25H23N3O5S/c1-16-23(27-25(29)32-17(2)18-6-4-3-5-7-18)24(33-28-16)21-10-8-19(9-11-21)20-12-14-22(15-13-20)34(26,30)31/h3-15,17H,1-2H3,(H,27,29)(H2,26,30,31)/t17-/m1/s1. The van der Waals surface area contributed by atoms with Crippen molar-refractivity contribution in [1.82, 2.24) is 5.16 Å². The Hall–Kier alpha value is -3.95. The molecule has 9 heteroatoms. The zero-order valence-electron chi connectivity index (χ0n) is 18.6. The lowest BCUT2D eigenvalue weighted by Crippen LogP contribution is -2.16. The van der Waals surface area contributed by atoms with Gasteiger partial charge in [0.25, 0.3) is 0 Å². The second-order valence-corrected chi connectivity index (χ2v) is 9.26. The Morgan fingerprint density at radius 2 is 1.50 bits per heavy atom. The maximum absolute atomic E-state index is 12.5. The highest BCUT2D eigenvalue weighted by molar-refractivity contribution is 7.89. The van der Waals surface area contributed by atoms with Crippen LogP contribution in [0.1, 0.15) is 24.3 Å². The molecule has 0 unspecified atom stereocenters. The van der Waals surface area contributed by atoms with E-state index in [4.69, 9.17) is 14.4 Å². The molecule has 1 amide bonds. The molecule has 0 saturated carbocycles. The largest absolute Gasteiger partial charge is 0.441 e. The molecule has 1 atom stereocenters. The molecule has 174 valence electrons. The number of nitrogens with two attached hydrogens (primary N) is 1. The molecule has 0 saturated heterocycles. The number of aromatic nitrogens is 1. The van der Waals surface area contributed by atoms with Crippen LogP contribution in [-0.2, 0) is 14.8 Å². The van der Waals surface area contributed by atoms with Crippen LogP contribution in [0.4, 0.5) is 10.5 Å². The van der Waals surface area contributed by atoms with E-state index in [1.165, 1.54) is 12.1 Å². The third kappa shape index (κ3) is 5.16. The number of aryl methyl sites for hydroxylation is 1. The lowest BCUT2D eigenvalue weighted by Gasteiger charge is -2.14. The summed E-state index contributed by atoms with van der Waals surface area (Å²) in [4.78, 5) is 12.6. The zero-order chi connectivity index (χ0) is 24.3. The minimum Gasteiger partial charge on any atom is -0.441 e. The van der Waals surface area contributed by atoms with Crippen molar-refractivity contribution in [3.8, 4) is 22.5 Å². The first-order valence-electron chi connectivity index (χ1n) is 10.4. The fourth-order valence-electron chi connectivity index (χ4n) is 3.45. The van der Waals surface area contributed by atoms with Crippen molar-refractivity contribution < 1.29 is 22.5 Å². The zero-order valence-corrected chi connectivity index (χ0v) is 19.4. The fourth-order valence-corrected chi connectivity index (χ4v) is 3.96. The number of anilines is 1. The van der Waals surface area contributed by atoms with Gasteiger partial charge in [-0.3, -0.25) is 5.32 Å². The molecular weight excluding hydrogens is 454 g/mol. The number of carbonyl (C=O) groups is 1. The monoisotopic (exact) mass is 477 g/mol. The second-order valence-electron chi connectivity index (χ2n) is 7.70. The van der Waals surface area contributed by atoms with Crippen LogP contribution >= 0.6 is 0 Å². The van der Waals surface area contributed by atoms with Gasteiger partial charge in [0, 0.05) is 5.56 Å². The van der Waals surface area contributed by atoms with Crippen molar-refractivity contribution in [3.05, 3.63) is 90.1 Å². The number of sulfonamides is 1.